The molecule has 13 heteroatoms. The summed E-state index contributed by atoms with van der Waals surface area (Å²) in [5.74, 6) is -1.18. The number of hydrogen-bond acceptors (Lipinski definition) is 5. The largest absolute Gasteiger partial charge is 0.326 e. The van der Waals surface area contributed by atoms with Gasteiger partial charge in [-0.1, -0.05) is 45.2 Å². The molecule has 1 saturated heterocycles. The van der Waals surface area contributed by atoms with Crippen LogP contribution < -0.4 is 10.0 Å². The lowest BCUT2D eigenvalue weighted by atomic mass is 9.99. The van der Waals surface area contributed by atoms with E-state index in [1.807, 2.05) is 0 Å². The third kappa shape index (κ3) is 7.28. The first-order valence-electron chi connectivity index (χ1n) is 11.5. The molecule has 0 saturated carbocycles. The van der Waals surface area contributed by atoms with E-state index in [0.29, 0.717) is 41.3 Å². The quantitative estimate of drug-likeness (QED) is 0.320. The van der Waals surface area contributed by atoms with Gasteiger partial charge in [-0.05, 0) is 79.1 Å². The fourth-order valence-corrected chi connectivity index (χ4v) is 7.55. The molecular formula is C25H24BrCl2N3O5S2. The Balaban J connectivity index is 1.38. The maximum absolute atomic E-state index is 13.0. The van der Waals surface area contributed by atoms with Gasteiger partial charge in [0.05, 0.1) is 16.6 Å². The average Bonchev–Trinajstić information content (AvgIpc) is 2.87. The van der Waals surface area contributed by atoms with E-state index in [1.54, 1.807) is 36.4 Å². The Labute approximate surface area is 240 Å². The van der Waals surface area contributed by atoms with Crippen LogP contribution in [0, 0.1) is 5.92 Å². The highest BCUT2D eigenvalue weighted by Crippen LogP contribution is 2.27. The Kier molecular flexibility index (Phi) is 9.06. The van der Waals surface area contributed by atoms with Crippen LogP contribution >= 0.6 is 39.1 Å². The minimum Gasteiger partial charge on any atom is -0.326 e. The van der Waals surface area contributed by atoms with E-state index in [4.69, 9.17) is 23.2 Å². The van der Waals surface area contributed by atoms with Gasteiger partial charge in [0.2, 0.25) is 15.9 Å². The number of benzene rings is 3. The van der Waals surface area contributed by atoms with Crippen LogP contribution in [0.25, 0.3) is 0 Å². The van der Waals surface area contributed by atoms with Crippen molar-refractivity contribution < 1.29 is 21.6 Å². The molecule has 2 N–H and O–H groups in total. The van der Waals surface area contributed by atoms with E-state index in [1.165, 1.54) is 34.6 Å². The highest BCUT2D eigenvalue weighted by atomic mass is 79.9. The van der Waals surface area contributed by atoms with Crippen molar-refractivity contribution in [2.45, 2.75) is 23.5 Å². The van der Waals surface area contributed by atoms with Crippen LogP contribution in [-0.4, -0.2) is 40.1 Å². The Morgan fingerprint density at radius 3 is 2.26 bits per heavy atom. The van der Waals surface area contributed by atoms with Crippen LogP contribution in [0.5, 0.6) is 0 Å². The molecule has 1 unspecified atom stereocenters. The number of rotatable bonds is 8. The van der Waals surface area contributed by atoms with E-state index < -0.39 is 26.0 Å². The molecule has 8 nitrogen and oxygen atoms in total. The van der Waals surface area contributed by atoms with Crippen molar-refractivity contribution in [3.63, 3.8) is 0 Å². The zero-order valence-corrected chi connectivity index (χ0v) is 24.6. The lowest BCUT2D eigenvalue weighted by molar-refractivity contribution is -0.120. The van der Waals surface area contributed by atoms with Crippen LogP contribution in [0.3, 0.4) is 0 Å². The first kappa shape index (κ1) is 28.8. The highest BCUT2D eigenvalue weighted by Gasteiger charge is 2.33. The van der Waals surface area contributed by atoms with E-state index in [0.717, 1.165) is 4.47 Å². The first-order chi connectivity index (χ1) is 17.9. The zero-order valence-electron chi connectivity index (χ0n) is 19.9. The molecule has 1 heterocycles. The van der Waals surface area contributed by atoms with Gasteiger partial charge < -0.3 is 5.32 Å². The van der Waals surface area contributed by atoms with Gasteiger partial charge in [-0.15, -0.1) is 0 Å². The smallest absolute Gasteiger partial charge is 0.261 e. The molecule has 38 heavy (non-hydrogen) atoms. The summed E-state index contributed by atoms with van der Waals surface area (Å²) in [6, 6.07) is 17.1. The number of sulfonamides is 2. The standard InChI is InChI=1S/C25H24BrCl2N3O5S2/c26-19-4-7-22(8-5-19)30-38(35,36)23-11-9-21(10-12-23)29-25(32)17-2-1-13-31(15-17)37(33,34)16-18-3-6-20(27)14-24(18)28/h3-12,14,17,30H,1-2,13,15-16H2,(H,29,32). The Hall–Kier alpha value is -2.15. The van der Waals surface area contributed by atoms with Crippen molar-refractivity contribution in [3.8, 4) is 0 Å². The number of carbonyl (C=O) groups excluding carboxylic acids is 1. The number of carbonyl (C=O) groups is 1. The molecular weight excluding hydrogens is 637 g/mol. The lowest BCUT2D eigenvalue weighted by Gasteiger charge is -2.31. The maximum atomic E-state index is 13.0. The second-order valence-electron chi connectivity index (χ2n) is 8.82. The van der Waals surface area contributed by atoms with Crippen molar-refractivity contribution in [2.75, 3.05) is 23.1 Å². The number of hydrogen-bond donors (Lipinski definition) is 2. The number of nitrogens with one attached hydrogen (secondary N) is 2. The Morgan fingerprint density at radius 1 is 0.947 bits per heavy atom. The van der Waals surface area contributed by atoms with Crippen molar-refractivity contribution >= 4 is 76.5 Å². The van der Waals surface area contributed by atoms with Crippen molar-refractivity contribution in [1.29, 1.82) is 0 Å². The molecule has 0 bridgehead atoms. The number of anilines is 2. The third-order valence-corrected chi connectivity index (χ3v) is 10.3. The molecule has 0 radical (unpaired) electrons. The summed E-state index contributed by atoms with van der Waals surface area (Å²) >= 11 is 15.4. The summed E-state index contributed by atoms with van der Waals surface area (Å²) in [4.78, 5) is 13.0. The molecule has 1 fully saturated rings. The average molecular weight is 661 g/mol. The summed E-state index contributed by atoms with van der Waals surface area (Å²) in [6.45, 7) is 0.359. The van der Waals surface area contributed by atoms with Crippen LogP contribution in [-0.2, 0) is 30.6 Å². The second-order valence-corrected chi connectivity index (χ2v) is 14.2. The van der Waals surface area contributed by atoms with Gasteiger partial charge in [0.25, 0.3) is 10.0 Å². The molecule has 1 atom stereocenters. The molecule has 1 aliphatic rings. The van der Waals surface area contributed by atoms with E-state index >= 15 is 0 Å². The van der Waals surface area contributed by atoms with Gasteiger partial charge in [0, 0.05) is 39.0 Å². The molecule has 0 aliphatic carbocycles. The highest BCUT2D eigenvalue weighted by molar-refractivity contribution is 9.10. The molecule has 3 aromatic rings. The Bertz CT molecular complexity index is 1530. The van der Waals surface area contributed by atoms with Gasteiger partial charge in [-0.2, -0.15) is 0 Å². The minimum absolute atomic E-state index is 0.0363. The SMILES string of the molecule is O=C(Nc1ccc(S(=O)(=O)Nc2ccc(Br)cc2)cc1)C1CCCN(S(=O)(=O)Cc2ccc(Cl)cc2Cl)C1. The van der Waals surface area contributed by atoms with E-state index in [9.17, 15) is 21.6 Å². The number of piperidine rings is 1. The fraction of sp³-hybridized carbons (Fsp3) is 0.240. The monoisotopic (exact) mass is 659 g/mol. The maximum Gasteiger partial charge on any atom is 0.261 e. The van der Waals surface area contributed by atoms with Crippen molar-refractivity contribution in [1.82, 2.24) is 4.31 Å². The number of nitrogens with zero attached hydrogens (tertiary/aromatic N) is 1. The van der Waals surface area contributed by atoms with Gasteiger partial charge in [-0.25, -0.2) is 21.1 Å². The van der Waals surface area contributed by atoms with Gasteiger partial charge in [-0.3, -0.25) is 9.52 Å². The summed E-state index contributed by atoms with van der Waals surface area (Å²) < 4.78 is 56.1. The van der Waals surface area contributed by atoms with Gasteiger partial charge in [0.15, 0.2) is 0 Å². The molecule has 202 valence electrons. The molecule has 1 aliphatic heterocycles. The summed E-state index contributed by atoms with van der Waals surface area (Å²) in [6.07, 6.45) is 1.06. The predicted octanol–water partition coefficient (Wildman–Crippen LogP) is 5.74. The van der Waals surface area contributed by atoms with Gasteiger partial charge >= 0.3 is 0 Å². The van der Waals surface area contributed by atoms with Crippen LogP contribution in [0.4, 0.5) is 11.4 Å². The number of amides is 1. The first-order valence-corrected chi connectivity index (χ1v) is 16.2. The molecule has 0 spiro atoms. The topological polar surface area (TPSA) is 113 Å². The molecule has 1 amide bonds. The lowest BCUT2D eigenvalue weighted by Crippen LogP contribution is -2.44. The predicted molar refractivity (Wildman–Crippen MR) is 153 cm³/mol. The van der Waals surface area contributed by atoms with E-state index in [2.05, 4.69) is 26.0 Å². The van der Waals surface area contributed by atoms with Crippen molar-refractivity contribution in [3.05, 3.63) is 86.8 Å². The number of halogens is 3. The third-order valence-electron chi connectivity index (χ3n) is 6.03. The van der Waals surface area contributed by atoms with Gasteiger partial charge in [0.1, 0.15) is 0 Å². The summed E-state index contributed by atoms with van der Waals surface area (Å²) in [5, 5.41) is 3.45. The second kappa shape index (κ2) is 11.9. The molecule has 3 aromatic carbocycles. The zero-order chi connectivity index (χ0) is 27.5. The Morgan fingerprint density at radius 2 is 1.61 bits per heavy atom. The van der Waals surface area contributed by atoms with Crippen molar-refractivity contribution in [2.24, 2.45) is 5.92 Å². The van der Waals surface area contributed by atoms with E-state index in [-0.39, 0.29) is 28.1 Å². The normalized spacial score (nSPS) is 16.7. The summed E-state index contributed by atoms with van der Waals surface area (Å²) in [5.41, 5.74) is 1.26. The molecule has 4 rings (SSSR count). The fourth-order valence-electron chi connectivity index (χ4n) is 4.03. The van der Waals surface area contributed by atoms with Crippen LogP contribution in [0.15, 0.2) is 76.1 Å². The minimum atomic E-state index is -3.82. The molecule has 0 aromatic heterocycles. The van der Waals surface area contributed by atoms with Crippen LogP contribution in [0.1, 0.15) is 18.4 Å². The van der Waals surface area contributed by atoms with Crippen LogP contribution in [0.2, 0.25) is 10.0 Å². The summed E-state index contributed by atoms with van der Waals surface area (Å²) in [7, 11) is -7.53.